The van der Waals surface area contributed by atoms with E-state index in [1.807, 2.05) is 0 Å². The number of cyclic esters (lactones) is 1. The molecular formula is C6H8O4. The SMILES string of the molecule is C[C@@H]1CC(=O)O[C@@H]1C(=O)O. The highest BCUT2D eigenvalue weighted by atomic mass is 16.6. The van der Waals surface area contributed by atoms with Crippen LogP contribution in [0.4, 0.5) is 0 Å². The van der Waals surface area contributed by atoms with E-state index < -0.39 is 18.0 Å². The van der Waals surface area contributed by atoms with Crippen LogP contribution in [-0.4, -0.2) is 23.1 Å². The lowest BCUT2D eigenvalue weighted by Crippen LogP contribution is -2.24. The third kappa shape index (κ3) is 1.10. The molecule has 2 atom stereocenters. The number of carboxylic acid groups (broad SMARTS) is 1. The van der Waals surface area contributed by atoms with Crippen molar-refractivity contribution in [3.8, 4) is 0 Å². The monoisotopic (exact) mass is 144 g/mol. The molecule has 10 heavy (non-hydrogen) atoms. The third-order valence-corrected chi connectivity index (χ3v) is 1.51. The quantitative estimate of drug-likeness (QED) is 0.527. The van der Waals surface area contributed by atoms with Crippen molar-refractivity contribution in [3.63, 3.8) is 0 Å². The van der Waals surface area contributed by atoms with Crippen LogP contribution >= 0.6 is 0 Å². The van der Waals surface area contributed by atoms with Gasteiger partial charge in [-0.05, 0) is 0 Å². The van der Waals surface area contributed by atoms with E-state index in [4.69, 9.17) is 5.11 Å². The second kappa shape index (κ2) is 2.28. The summed E-state index contributed by atoms with van der Waals surface area (Å²) in [6.07, 6.45) is -0.704. The molecule has 1 heterocycles. The topological polar surface area (TPSA) is 63.6 Å². The van der Waals surface area contributed by atoms with E-state index in [1.54, 1.807) is 6.92 Å². The molecule has 1 aliphatic heterocycles. The summed E-state index contributed by atoms with van der Waals surface area (Å²) in [5.41, 5.74) is 0. The predicted molar refractivity (Wildman–Crippen MR) is 31.3 cm³/mol. The number of hydrogen-bond acceptors (Lipinski definition) is 3. The van der Waals surface area contributed by atoms with Gasteiger partial charge >= 0.3 is 11.9 Å². The Kier molecular flexibility index (Phi) is 1.61. The van der Waals surface area contributed by atoms with Gasteiger partial charge in [0.15, 0.2) is 0 Å². The van der Waals surface area contributed by atoms with Crippen LogP contribution in [0.3, 0.4) is 0 Å². The number of rotatable bonds is 1. The Morgan fingerprint density at radius 1 is 1.80 bits per heavy atom. The molecule has 4 heteroatoms. The summed E-state index contributed by atoms with van der Waals surface area (Å²) in [4.78, 5) is 20.8. The van der Waals surface area contributed by atoms with Gasteiger partial charge in [-0.1, -0.05) is 6.92 Å². The molecule has 0 aliphatic carbocycles. The summed E-state index contributed by atoms with van der Waals surface area (Å²) in [6.45, 7) is 1.68. The van der Waals surface area contributed by atoms with Crippen LogP contribution < -0.4 is 0 Å². The lowest BCUT2D eigenvalue weighted by Gasteiger charge is -2.05. The van der Waals surface area contributed by atoms with E-state index in [0.717, 1.165) is 0 Å². The average molecular weight is 144 g/mol. The molecule has 1 N–H and O–H groups in total. The summed E-state index contributed by atoms with van der Waals surface area (Å²) < 4.78 is 4.50. The van der Waals surface area contributed by atoms with Crippen LogP contribution in [0.15, 0.2) is 0 Å². The van der Waals surface area contributed by atoms with E-state index in [2.05, 4.69) is 4.74 Å². The molecule has 0 amide bonds. The highest BCUT2D eigenvalue weighted by Gasteiger charge is 2.36. The molecule has 56 valence electrons. The van der Waals surface area contributed by atoms with Crippen LogP contribution in [0.25, 0.3) is 0 Å². The van der Waals surface area contributed by atoms with E-state index in [9.17, 15) is 9.59 Å². The fourth-order valence-corrected chi connectivity index (χ4v) is 0.970. The van der Waals surface area contributed by atoms with Crippen molar-refractivity contribution in [1.29, 1.82) is 0 Å². The molecule has 1 rings (SSSR count). The van der Waals surface area contributed by atoms with E-state index in [0.29, 0.717) is 0 Å². The zero-order chi connectivity index (χ0) is 7.72. The minimum Gasteiger partial charge on any atom is -0.478 e. The highest BCUT2D eigenvalue weighted by Crippen LogP contribution is 2.20. The normalized spacial score (nSPS) is 31.9. The maximum atomic E-state index is 10.5. The number of ether oxygens (including phenoxy) is 1. The molecule has 4 nitrogen and oxygen atoms in total. The first-order valence-corrected chi connectivity index (χ1v) is 3.03. The Bertz CT molecular complexity index is 175. The van der Waals surface area contributed by atoms with Gasteiger partial charge < -0.3 is 9.84 Å². The average Bonchev–Trinajstić information content (AvgIpc) is 2.10. The van der Waals surface area contributed by atoms with Gasteiger partial charge in [-0.25, -0.2) is 4.79 Å². The minimum absolute atomic E-state index is 0.190. The van der Waals surface area contributed by atoms with Gasteiger partial charge in [0.2, 0.25) is 6.10 Å². The van der Waals surface area contributed by atoms with E-state index >= 15 is 0 Å². The Morgan fingerprint density at radius 3 is 2.60 bits per heavy atom. The number of carboxylic acids is 1. The van der Waals surface area contributed by atoms with Crippen LogP contribution in [0.5, 0.6) is 0 Å². The van der Waals surface area contributed by atoms with E-state index in [-0.39, 0.29) is 12.3 Å². The van der Waals surface area contributed by atoms with Gasteiger partial charge in [-0.2, -0.15) is 0 Å². The van der Waals surface area contributed by atoms with Crippen LogP contribution in [0, 0.1) is 5.92 Å². The molecule has 0 spiro atoms. The van der Waals surface area contributed by atoms with Gasteiger partial charge in [0, 0.05) is 5.92 Å². The van der Waals surface area contributed by atoms with Gasteiger partial charge in [0.1, 0.15) is 0 Å². The number of aliphatic carboxylic acids is 1. The Balaban J connectivity index is 2.63. The molecular weight excluding hydrogens is 136 g/mol. The van der Waals surface area contributed by atoms with Gasteiger partial charge in [-0.15, -0.1) is 0 Å². The summed E-state index contributed by atoms with van der Waals surface area (Å²) in [5, 5.41) is 8.42. The molecule has 0 bridgehead atoms. The number of esters is 1. The van der Waals surface area contributed by atoms with Crippen molar-refractivity contribution >= 4 is 11.9 Å². The molecule has 1 aliphatic rings. The molecule has 0 aromatic rings. The summed E-state index contributed by atoms with van der Waals surface area (Å²) >= 11 is 0. The first-order chi connectivity index (χ1) is 4.61. The molecule has 0 aromatic carbocycles. The zero-order valence-electron chi connectivity index (χ0n) is 5.53. The van der Waals surface area contributed by atoms with Crippen molar-refractivity contribution in [2.24, 2.45) is 5.92 Å². The van der Waals surface area contributed by atoms with Gasteiger partial charge in [-0.3, -0.25) is 4.79 Å². The van der Waals surface area contributed by atoms with Gasteiger partial charge in [0.25, 0.3) is 0 Å². The maximum absolute atomic E-state index is 10.5. The van der Waals surface area contributed by atoms with Crippen molar-refractivity contribution < 1.29 is 19.4 Å². The van der Waals surface area contributed by atoms with Gasteiger partial charge in [0.05, 0.1) is 6.42 Å². The Hall–Kier alpha value is -1.06. The molecule has 0 saturated carbocycles. The first-order valence-electron chi connectivity index (χ1n) is 3.03. The van der Waals surface area contributed by atoms with Crippen LogP contribution in [0.2, 0.25) is 0 Å². The largest absolute Gasteiger partial charge is 0.478 e. The fraction of sp³-hybridized carbons (Fsp3) is 0.667. The fourth-order valence-electron chi connectivity index (χ4n) is 0.970. The molecule has 1 fully saturated rings. The van der Waals surface area contributed by atoms with Crippen LogP contribution in [-0.2, 0) is 14.3 Å². The number of carbonyl (C=O) groups is 2. The first kappa shape index (κ1) is 7.05. The summed E-state index contributed by atoms with van der Waals surface area (Å²) in [7, 11) is 0. The Morgan fingerprint density at radius 2 is 2.40 bits per heavy atom. The molecule has 1 saturated heterocycles. The second-order valence-corrected chi connectivity index (χ2v) is 2.43. The minimum atomic E-state index is -1.06. The van der Waals surface area contributed by atoms with Crippen molar-refractivity contribution in [2.45, 2.75) is 19.4 Å². The maximum Gasteiger partial charge on any atom is 0.345 e. The van der Waals surface area contributed by atoms with Crippen molar-refractivity contribution in [2.75, 3.05) is 0 Å². The third-order valence-electron chi connectivity index (χ3n) is 1.51. The number of carbonyl (C=O) groups excluding carboxylic acids is 1. The van der Waals surface area contributed by atoms with Crippen LogP contribution in [0.1, 0.15) is 13.3 Å². The van der Waals surface area contributed by atoms with E-state index in [1.165, 1.54) is 0 Å². The zero-order valence-corrected chi connectivity index (χ0v) is 5.53. The number of hydrogen-bond donors (Lipinski definition) is 1. The summed E-state index contributed by atoms with van der Waals surface area (Å²) in [5.74, 6) is -1.66. The molecule has 0 aromatic heterocycles. The smallest absolute Gasteiger partial charge is 0.345 e. The molecule has 0 unspecified atom stereocenters. The predicted octanol–water partition coefficient (Wildman–Crippen LogP) is 0.0226. The summed E-state index contributed by atoms with van der Waals surface area (Å²) in [6, 6.07) is 0. The lowest BCUT2D eigenvalue weighted by molar-refractivity contribution is -0.157. The molecule has 0 radical (unpaired) electrons. The van der Waals surface area contributed by atoms with Crippen molar-refractivity contribution in [1.82, 2.24) is 0 Å². The lowest BCUT2D eigenvalue weighted by atomic mass is 10.0. The second-order valence-electron chi connectivity index (χ2n) is 2.43. The van der Waals surface area contributed by atoms with Crippen molar-refractivity contribution in [3.05, 3.63) is 0 Å². The highest BCUT2D eigenvalue weighted by molar-refractivity contribution is 5.82. The Labute approximate surface area is 57.8 Å². The standard InChI is InChI=1S/C6H8O4/c1-3-2-4(7)10-5(3)6(8)9/h3,5H,2H2,1H3,(H,8,9)/t3-,5+/m1/s1.